The standard InChI is InChI=1S/C21H28N4O.HI/c1-3-13-23-20(26)19-11-7-10-18(15-19)16-25-21(22-2)24-14-12-17-8-5-4-6-9-17;/h4-11,15H,3,12-14,16H2,1-2H3,(H,23,26)(H2,22,24,25);1H. The average molecular weight is 480 g/mol. The molecule has 0 unspecified atom stereocenters. The van der Waals surface area contributed by atoms with Gasteiger partial charge in [0.15, 0.2) is 5.96 Å². The monoisotopic (exact) mass is 480 g/mol. The van der Waals surface area contributed by atoms with Crippen molar-refractivity contribution in [3.8, 4) is 0 Å². The summed E-state index contributed by atoms with van der Waals surface area (Å²) in [5.41, 5.74) is 3.02. The molecule has 2 rings (SSSR count). The van der Waals surface area contributed by atoms with Gasteiger partial charge in [-0.1, -0.05) is 49.4 Å². The van der Waals surface area contributed by atoms with E-state index in [1.807, 2.05) is 49.4 Å². The van der Waals surface area contributed by atoms with Gasteiger partial charge < -0.3 is 16.0 Å². The minimum absolute atomic E-state index is 0. The van der Waals surface area contributed by atoms with Gasteiger partial charge in [0, 0.05) is 32.2 Å². The van der Waals surface area contributed by atoms with E-state index in [2.05, 4.69) is 33.1 Å². The molecule has 0 aliphatic heterocycles. The zero-order chi connectivity index (χ0) is 18.6. The molecule has 1 amide bonds. The van der Waals surface area contributed by atoms with Crippen LogP contribution in [0, 0.1) is 0 Å². The molecule has 3 N–H and O–H groups in total. The van der Waals surface area contributed by atoms with E-state index in [0.717, 1.165) is 30.9 Å². The van der Waals surface area contributed by atoms with E-state index in [0.29, 0.717) is 18.7 Å². The number of guanidine groups is 1. The molecule has 2 aromatic carbocycles. The van der Waals surface area contributed by atoms with Crippen LogP contribution in [0.5, 0.6) is 0 Å². The fraction of sp³-hybridized carbons (Fsp3) is 0.333. The minimum Gasteiger partial charge on any atom is -0.356 e. The van der Waals surface area contributed by atoms with Gasteiger partial charge in [0.2, 0.25) is 0 Å². The molecule has 27 heavy (non-hydrogen) atoms. The third kappa shape index (κ3) is 8.43. The van der Waals surface area contributed by atoms with Crippen molar-refractivity contribution in [1.82, 2.24) is 16.0 Å². The molecule has 0 saturated carbocycles. The van der Waals surface area contributed by atoms with Crippen molar-refractivity contribution in [3.63, 3.8) is 0 Å². The minimum atomic E-state index is -0.0286. The van der Waals surface area contributed by atoms with Crippen molar-refractivity contribution in [1.29, 1.82) is 0 Å². The Bertz CT molecular complexity index is 719. The highest BCUT2D eigenvalue weighted by atomic mass is 127. The maximum Gasteiger partial charge on any atom is 0.251 e. The predicted octanol–water partition coefficient (Wildman–Crippen LogP) is 3.35. The highest BCUT2D eigenvalue weighted by Crippen LogP contribution is 2.05. The summed E-state index contributed by atoms with van der Waals surface area (Å²) < 4.78 is 0. The number of rotatable bonds is 8. The normalized spacial score (nSPS) is 10.7. The van der Waals surface area contributed by atoms with Gasteiger partial charge in [-0.25, -0.2) is 0 Å². The Labute approximate surface area is 179 Å². The zero-order valence-corrected chi connectivity index (χ0v) is 18.3. The molecule has 6 heteroatoms. The Balaban J connectivity index is 0.00000364. The Morgan fingerprint density at radius 3 is 2.37 bits per heavy atom. The highest BCUT2D eigenvalue weighted by Gasteiger charge is 2.05. The van der Waals surface area contributed by atoms with Gasteiger partial charge in [0.1, 0.15) is 0 Å². The molecule has 0 atom stereocenters. The summed E-state index contributed by atoms with van der Waals surface area (Å²) in [6.07, 6.45) is 1.87. The number of carbonyl (C=O) groups is 1. The van der Waals surface area contributed by atoms with Crippen molar-refractivity contribution in [2.75, 3.05) is 20.1 Å². The lowest BCUT2D eigenvalue weighted by molar-refractivity contribution is 0.0953. The Morgan fingerprint density at radius 2 is 1.67 bits per heavy atom. The quantitative estimate of drug-likeness (QED) is 0.309. The molecule has 0 radical (unpaired) electrons. The van der Waals surface area contributed by atoms with Crippen molar-refractivity contribution < 1.29 is 4.79 Å². The van der Waals surface area contributed by atoms with Crippen LogP contribution in [0.1, 0.15) is 34.8 Å². The molecule has 0 aromatic heterocycles. The Kier molecular flexibility index (Phi) is 11.2. The lowest BCUT2D eigenvalue weighted by Gasteiger charge is -2.12. The lowest BCUT2D eigenvalue weighted by atomic mass is 10.1. The van der Waals surface area contributed by atoms with Crippen LogP contribution >= 0.6 is 24.0 Å². The maximum atomic E-state index is 12.1. The number of nitrogens with one attached hydrogen (secondary N) is 3. The smallest absolute Gasteiger partial charge is 0.251 e. The predicted molar refractivity (Wildman–Crippen MR) is 123 cm³/mol. The van der Waals surface area contributed by atoms with Gasteiger partial charge in [0.05, 0.1) is 0 Å². The van der Waals surface area contributed by atoms with Gasteiger partial charge in [-0.15, -0.1) is 24.0 Å². The van der Waals surface area contributed by atoms with E-state index in [-0.39, 0.29) is 29.9 Å². The van der Waals surface area contributed by atoms with E-state index in [4.69, 9.17) is 0 Å². The third-order valence-electron chi connectivity index (χ3n) is 3.96. The molecular formula is C21H29IN4O. The summed E-state index contributed by atoms with van der Waals surface area (Å²) in [4.78, 5) is 16.3. The molecule has 2 aromatic rings. The van der Waals surface area contributed by atoms with E-state index in [1.54, 1.807) is 7.05 Å². The number of halogens is 1. The van der Waals surface area contributed by atoms with Gasteiger partial charge in [0.25, 0.3) is 5.91 Å². The van der Waals surface area contributed by atoms with Crippen molar-refractivity contribution in [3.05, 3.63) is 71.3 Å². The first kappa shape index (κ1) is 23.0. The second-order valence-electron chi connectivity index (χ2n) is 6.04. The molecular weight excluding hydrogens is 451 g/mol. The third-order valence-corrected chi connectivity index (χ3v) is 3.96. The molecule has 0 bridgehead atoms. The van der Waals surface area contributed by atoms with Crippen molar-refractivity contribution in [2.45, 2.75) is 26.3 Å². The summed E-state index contributed by atoms with van der Waals surface area (Å²) in [6.45, 7) is 4.15. The lowest BCUT2D eigenvalue weighted by Crippen LogP contribution is -2.37. The largest absolute Gasteiger partial charge is 0.356 e. The number of amides is 1. The number of aliphatic imine (C=N–C) groups is 1. The van der Waals surface area contributed by atoms with Crippen LogP contribution in [0.2, 0.25) is 0 Å². The molecule has 0 fully saturated rings. The SMILES string of the molecule is CCCNC(=O)c1cccc(CNC(=NC)NCCc2ccccc2)c1.I. The highest BCUT2D eigenvalue weighted by molar-refractivity contribution is 14.0. The summed E-state index contributed by atoms with van der Waals surface area (Å²) in [6, 6.07) is 18.0. The van der Waals surface area contributed by atoms with Gasteiger partial charge in [-0.05, 0) is 36.1 Å². The number of hydrogen-bond donors (Lipinski definition) is 3. The second-order valence-corrected chi connectivity index (χ2v) is 6.04. The second kappa shape index (κ2) is 13.1. The summed E-state index contributed by atoms with van der Waals surface area (Å²) >= 11 is 0. The van der Waals surface area contributed by atoms with Gasteiger partial charge >= 0.3 is 0 Å². The fourth-order valence-corrected chi connectivity index (χ4v) is 2.54. The van der Waals surface area contributed by atoms with Crippen molar-refractivity contribution >= 4 is 35.8 Å². The van der Waals surface area contributed by atoms with Gasteiger partial charge in [-0.2, -0.15) is 0 Å². The Hall–Kier alpha value is -2.09. The molecule has 5 nitrogen and oxygen atoms in total. The molecule has 0 heterocycles. The van der Waals surface area contributed by atoms with Crippen LogP contribution in [0.3, 0.4) is 0 Å². The number of benzene rings is 2. The molecule has 0 aliphatic rings. The number of nitrogens with zero attached hydrogens (tertiary/aromatic N) is 1. The first-order valence-corrected chi connectivity index (χ1v) is 9.08. The molecule has 0 saturated heterocycles. The summed E-state index contributed by atoms with van der Waals surface area (Å²) in [5.74, 6) is 0.723. The molecule has 0 spiro atoms. The van der Waals surface area contributed by atoms with Crippen LogP contribution in [0.4, 0.5) is 0 Å². The fourth-order valence-electron chi connectivity index (χ4n) is 2.54. The van der Waals surface area contributed by atoms with E-state index in [9.17, 15) is 4.79 Å². The van der Waals surface area contributed by atoms with Crippen LogP contribution < -0.4 is 16.0 Å². The summed E-state index contributed by atoms with van der Waals surface area (Å²) in [7, 11) is 1.76. The Morgan fingerprint density at radius 1 is 0.926 bits per heavy atom. The van der Waals surface area contributed by atoms with Crippen LogP contribution in [-0.4, -0.2) is 32.0 Å². The first-order chi connectivity index (χ1) is 12.7. The topological polar surface area (TPSA) is 65.5 Å². The number of hydrogen-bond acceptors (Lipinski definition) is 2. The average Bonchev–Trinajstić information content (AvgIpc) is 2.69. The van der Waals surface area contributed by atoms with E-state index < -0.39 is 0 Å². The van der Waals surface area contributed by atoms with Crippen molar-refractivity contribution in [2.24, 2.45) is 4.99 Å². The molecule has 146 valence electrons. The first-order valence-electron chi connectivity index (χ1n) is 9.08. The van der Waals surface area contributed by atoms with Gasteiger partial charge in [-0.3, -0.25) is 9.79 Å². The van der Waals surface area contributed by atoms with Crippen LogP contribution in [-0.2, 0) is 13.0 Å². The van der Waals surface area contributed by atoms with Crippen LogP contribution in [0.25, 0.3) is 0 Å². The summed E-state index contributed by atoms with van der Waals surface area (Å²) in [5, 5.41) is 9.50. The van der Waals surface area contributed by atoms with E-state index in [1.165, 1.54) is 5.56 Å². The van der Waals surface area contributed by atoms with Crippen LogP contribution in [0.15, 0.2) is 59.6 Å². The molecule has 0 aliphatic carbocycles. The maximum absolute atomic E-state index is 12.1. The zero-order valence-electron chi connectivity index (χ0n) is 16.0. The number of carbonyl (C=O) groups excluding carboxylic acids is 1. The van der Waals surface area contributed by atoms with E-state index >= 15 is 0 Å².